The van der Waals surface area contributed by atoms with Crippen molar-refractivity contribution in [3.05, 3.63) is 60.2 Å². The number of ether oxygens (including phenoxy) is 1. The maximum atomic E-state index is 13.2. The molecule has 2 aromatic carbocycles. The van der Waals surface area contributed by atoms with Gasteiger partial charge in [0.2, 0.25) is 5.91 Å². The molecule has 0 bridgehead atoms. The lowest BCUT2D eigenvalue weighted by atomic mass is 9.68. The summed E-state index contributed by atoms with van der Waals surface area (Å²) in [5.41, 5.74) is 2.53. The normalized spacial score (nSPS) is 26.5. The number of carbonyl (C=O) groups is 1. The summed E-state index contributed by atoms with van der Waals surface area (Å²) in [6.07, 6.45) is 5.76. The van der Waals surface area contributed by atoms with Crippen molar-refractivity contribution in [2.75, 3.05) is 4.90 Å². The van der Waals surface area contributed by atoms with Crippen LogP contribution in [0.1, 0.15) is 65.4 Å². The smallest absolute Gasteiger partial charge is 0.241 e. The zero-order valence-corrected chi connectivity index (χ0v) is 20.1. The number of hydrogen-bond donors (Lipinski definition) is 0. The molecule has 4 heteroatoms. The fraction of sp³-hybridized carbons (Fsp3) is 0.519. The number of thioether (sulfide) groups is 1. The molecule has 1 saturated heterocycles. The van der Waals surface area contributed by atoms with E-state index in [9.17, 15) is 4.79 Å². The zero-order chi connectivity index (χ0) is 22.1. The molecule has 1 aliphatic carbocycles. The van der Waals surface area contributed by atoms with E-state index >= 15 is 0 Å². The number of hydrogen-bond acceptors (Lipinski definition) is 3. The fourth-order valence-electron chi connectivity index (χ4n) is 5.09. The predicted molar refractivity (Wildman–Crippen MR) is 131 cm³/mol. The summed E-state index contributed by atoms with van der Waals surface area (Å²) >= 11 is 1.88. The van der Waals surface area contributed by atoms with Gasteiger partial charge in [-0.2, -0.15) is 0 Å². The van der Waals surface area contributed by atoms with Crippen molar-refractivity contribution < 1.29 is 9.53 Å². The van der Waals surface area contributed by atoms with E-state index < -0.39 is 0 Å². The van der Waals surface area contributed by atoms with Gasteiger partial charge >= 0.3 is 0 Å². The zero-order valence-electron chi connectivity index (χ0n) is 19.3. The molecule has 1 amide bonds. The summed E-state index contributed by atoms with van der Waals surface area (Å²) in [4.78, 5) is 15.2. The second-order valence-corrected chi connectivity index (χ2v) is 11.5. The second kappa shape index (κ2) is 8.90. The first kappa shape index (κ1) is 22.3. The fourth-order valence-corrected chi connectivity index (χ4v) is 6.73. The van der Waals surface area contributed by atoms with Gasteiger partial charge in [-0.25, -0.2) is 0 Å². The molecule has 166 valence electrons. The van der Waals surface area contributed by atoms with Crippen LogP contribution in [0.4, 0.5) is 5.69 Å². The molecule has 0 N–H and O–H groups in total. The number of benzene rings is 2. The second-order valence-electron chi connectivity index (χ2n) is 9.76. The first-order valence-corrected chi connectivity index (χ1v) is 12.5. The Bertz CT molecular complexity index is 885. The van der Waals surface area contributed by atoms with Crippen LogP contribution in [0.2, 0.25) is 0 Å². The summed E-state index contributed by atoms with van der Waals surface area (Å²) in [6, 6.07) is 18.3. The van der Waals surface area contributed by atoms with Crippen LogP contribution in [0.25, 0.3) is 0 Å². The molecule has 31 heavy (non-hydrogen) atoms. The Morgan fingerprint density at radius 2 is 1.71 bits per heavy atom. The molecule has 1 heterocycles. The number of anilines is 1. The maximum absolute atomic E-state index is 13.2. The monoisotopic (exact) mass is 437 g/mol. The molecule has 0 unspecified atom stereocenters. The Hall–Kier alpha value is -1.94. The Balaban J connectivity index is 1.48. The first-order chi connectivity index (χ1) is 14.8. The van der Waals surface area contributed by atoms with Crippen molar-refractivity contribution in [1.82, 2.24) is 0 Å². The highest BCUT2D eigenvalue weighted by atomic mass is 32.2. The van der Waals surface area contributed by atoms with Crippen LogP contribution in [0.3, 0.4) is 0 Å². The minimum absolute atomic E-state index is 0.0183. The van der Waals surface area contributed by atoms with Gasteiger partial charge in [0.25, 0.3) is 0 Å². The molecule has 1 atom stereocenters. The highest BCUT2D eigenvalue weighted by molar-refractivity contribution is 8.02. The number of nitrogens with zero attached hydrogens (tertiary/aromatic N) is 1. The minimum Gasteiger partial charge on any atom is -0.489 e. The Morgan fingerprint density at radius 3 is 2.32 bits per heavy atom. The third kappa shape index (κ3) is 4.50. The molecule has 2 fully saturated rings. The van der Waals surface area contributed by atoms with Gasteiger partial charge in [-0.15, -0.1) is 11.8 Å². The first-order valence-electron chi connectivity index (χ1n) is 11.6. The molecular weight excluding hydrogens is 402 g/mol. The van der Waals surface area contributed by atoms with E-state index in [1.165, 1.54) is 19.3 Å². The number of amides is 1. The lowest BCUT2D eigenvalue weighted by molar-refractivity contribution is -0.118. The maximum Gasteiger partial charge on any atom is 0.241 e. The molecular formula is C27H35NO2S. The number of carbonyl (C=O) groups excluding carboxylic acids is 1. The van der Waals surface area contributed by atoms with Crippen molar-refractivity contribution in [3.8, 4) is 5.75 Å². The molecule has 0 radical (unpaired) electrons. The third-order valence-corrected chi connectivity index (χ3v) is 9.08. The molecule has 3 nitrogen and oxygen atoms in total. The van der Waals surface area contributed by atoms with E-state index in [1.54, 1.807) is 0 Å². The standard InChI is InChI=1S/C27H35NO2S/c1-5-26(3,4)22-15-17-27(18-16-22)28(25(29)20(2)31-27)23-11-13-24(14-12-23)30-19-21-9-7-6-8-10-21/h6-14,20,22H,5,15-19H2,1-4H3/t20-,22?,27?/m1/s1. The van der Waals surface area contributed by atoms with Crippen LogP contribution in [0.5, 0.6) is 5.75 Å². The Labute approximate surface area is 191 Å². The lowest BCUT2D eigenvalue weighted by Crippen LogP contribution is -2.48. The highest BCUT2D eigenvalue weighted by Gasteiger charge is 2.53. The van der Waals surface area contributed by atoms with Crippen molar-refractivity contribution in [2.45, 2.75) is 76.5 Å². The predicted octanol–water partition coefficient (Wildman–Crippen LogP) is 7.06. The van der Waals surface area contributed by atoms with Gasteiger partial charge in [-0.1, -0.05) is 57.5 Å². The van der Waals surface area contributed by atoms with Crippen molar-refractivity contribution >= 4 is 23.4 Å². The third-order valence-electron chi connectivity index (χ3n) is 7.50. The SMILES string of the molecule is CCC(C)(C)C1CCC2(CC1)S[C@H](C)C(=O)N2c1ccc(OCc2ccccc2)cc1. The average Bonchev–Trinajstić information content (AvgIpc) is 3.03. The molecule has 1 saturated carbocycles. The highest BCUT2D eigenvalue weighted by Crippen LogP contribution is 2.55. The van der Waals surface area contributed by atoms with Crippen LogP contribution in [0.15, 0.2) is 54.6 Å². The minimum atomic E-state index is -0.0940. The van der Waals surface area contributed by atoms with Crippen LogP contribution in [-0.2, 0) is 11.4 Å². The van der Waals surface area contributed by atoms with E-state index in [1.807, 2.05) is 42.1 Å². The van der Waals surface area contributed by atoms with Crippen LogP contribution in [-0.4, -0.2) is 16.0 Å². The van der Waals surface area contributed by atoms with Gasteiger partial charge in [0.05, 0.1) is 10.1 Å². The molecule has 4 rings (SSSR count). The summed E-state index contributed by atoms with van der Waals surface area (Å²) in [5.74, 6) is 1.82. The van der Waals surface area contributed by atoms with Crippen LogP contribution >= 0.6 is 11.8 Å². The van der Waals surface area contributed by atoms with Gasteiger partial charge in [0.15, 0.2) is 0 Å². The van der Waals surface area contributed by atoms with Crippen molar-refractivity contribution in [2.24, 2.45) is 11.3 Å². The van der Waals surface area contributed by atoms with Crippen LogP contribution in [0, 0.1) is 11.3 Å². The van der Waals surface area contributed by atoms with E-state index in [2.05, 4.69) is 56.9 Å². The topological polar surface area (TPSA) is 29.5 Å². The Kier molecular flexibility index (Phi) is 6.39. The van der Waals surface area contributed by atoms with Crippen molar-refractivity contribution in [3.63, 3.8) is 0 Å². The van der Waals surface area contributed by atoms with Gasteiger partial charge in [0, 0.05) is 5.69 Å². The summed E-state index contributed by atoms with van der Waals surface area (Å²) in [6.45, 7) is 9.71. The molecule has 2 aliphatic rings. The van der Waals surface area contributed by atoms with Crippen molar-refractivity contribution in [1.29, 1.82) is 0 Å². The van der Waals surface area contributed by atoms with E-state index in [4.69, 9.17) is 4.74 Å². The molecule has 1 aliphatic heterocycles. The molecule has 1 spiro atoms. The summed E-state index contributed by atoms with van der Waals surface area (Å²) in [7, 11) is 0. The Morgan fingerprint density at radius 1 is 1.06 bits per heavy atom. The van der Waals surface area contributed by atoms with Crippen LogP contribution < -0.4 is 9.64 Å². The van der Waals surface area contributed by atoms with E-state index in [0.29, 0.717) is 12.0 Å². The summed E-state index contributed by atoms with van der Waals surface area (Å²) in [5, 5.41) is 0.0183. The lowest BCUT2D eigenvalue weighted by Gasteiger charge is -2.46. The molecule has 0 aromatic heterocycles. The quantitative estimate of drug-likeness (QED) is 0.484. The largest absolute Gasteiger partial charge is 0.489 e. The van der Waals surface area contributed by atoms with E-state index in [-0.39, 0.29) is 16.0 Å². The van der Waals surface area contributed by atoms with Gasteiger partial charge in [0.1, 0.15) is 12.4 Å². The average molecular weight is 438 g/mol. The van der Waals surface area contributed by atoms with Gasteiger partial charge in [-0.05, 0) is 73.8 Å². The molecule has 2 aromatic rings. The number of rotatable bonds is 6. The van der Waals surface area contributed by atoms with Gasteiger partial charge < -0.3 is 4.74 Å². The van der Waals surface area contributed by atoms with Gasteiger partial charge in [-0.3, -0.25) is 9.69 Å². The summed E-state index contributed by atoms with van der Waals surface area (Å²) < 4.78 is 5.95. The van der Waals surface area contributed by atoms with E-state index in [0.717, 1.165) is 35.8 Å².